The molecular formula is C15H19O5P. The van der Waals surface area contributed by atoms with E-state index in [1.807, 2.05) is 24.3 Å². The predicted molar refractivity (Wildman–Crippen MR) is 78.7 cm³/mol. The lowest BCUT2D eigenvalue weighted by Gasteiger charge is -2.18. The molecule has 1 aromatic carbocycles. The Kier molecular flexibility index (Phi) is 5.84. The summed E-state index contributed by atoms with van der Waals surface area (Å²) in [6.45, 7) is 2.02. The van der Waals surface area contributed by atoms with Gasteiger partial charge in [-0.1, -0.05) is 30.2 Å². The Hall–Kier alpha value is -1.31. The zero-order valence-corrected chi connectivity index (χ0v) is 13.1. The molecule has 0 amide bonds. The van der Waals surface area contributed by atoms with Crippen molar-refractivity contribution in [2.24, 2.45) is 0 Å². The molecule has 1 atom stereocenters. The van der Waals surface area contributed by atoms with E-state index in [0.717, 1.165) is 0 Å². The number of hydrogen-bond acceptors (Lipinski definition) is 5. The summed E-state index contributed by atoms with van der Waals surface area (Å²) in [5.74, 6) is 2.52. The molecule has 0 bridgehead atoms. The number of fused-ring (bicyclic) bond motifs is 1. The largest absolute Gasteiger partial charge is 0.538 e. The van der Waals surface area contributed by atoms with Crippen LogP contribution in [-0.4, -0.2) is 26.4 Å². The van der Waals surface area contributed by atoms with E-state index in [-0.39, 0.29) is 12.7 Å². The predicted octanol–water partition coefficient (Wildman–Crippen LogP) is 2.94. The van der Waals surface area contributed by atoms with Crippen LogP contribution >= 0.6 is 7.82 Å². The topological polar surface area (TPSA) is 54.0 Å². The third kappa shape index (κ3) is 4.59. The maximum Gasteiger partial charge on any atom is 0.538 e. The Morgan fingerprint density at radius 2 is 1.90 bits per heavy atom. The van der Waals surface area contributed by atoms with E-state index in [9.17, 15) is 4.57 Å². The Morgan fingerprint density at radius 3 is 2.48 bits per heavy atom. The van der Waals surface area contributed by atoms with Crippen LogP contribution in [-0.2, 0) is 35.7 Å². The van der Waals surface area contributed by atoms with Crippen LogP contribution in [0.5, 0.6) is 0 Å². The second kappa shape index (κ2) is 7.63. The first-order valence-electron chi connectivity index (χ1n) is 6.76. The molecule has 0 heterocycles. The fourth-order valence-electron chi connectivity index (χ4n) is 2.19. The van der Waals surface area contributed by atoms with Crippen molar-refractivity contribution in [1.29, 1.82) is 0 Å². The lowest BCUT2D eigenvalue weighted by atomic mass is 10.1. The van der Waals surface area contributed by atoms with Gasteiger partial charge < -0.3 is 9.26 Å². The van der Waals surface area contributed by atoms with Gasteiger partial charge in [-0.2, -0.15) is 0 Å². The monoisotopic (exact) mass is 310 g/mol. The first-order chi connectivity index (χ1) is 10.2. The fourth-order valence-corrected chi connectivity index (χ4v) is 3.36. The van der Waals surface area contributed by atoms with E-state index >= 15 is 0 Å². The SMILES string of the molecule is CC#COP(=O)(OCCOC)OC1Cc2ccccc2C1. The Balaban J connectivity index is 1.99. The molecule has 0 radical (unpaired) electrons. The van der Waals surface area contributed by atoms with Gasteiger partial charge in [0.1, 0.15) is 6.11 Å². The van der Waals surface area contributed by atoms with E-state index < -0.39 is 7.82 Å². The Bertz CT molecular complexity index is 550. The van der Waals surface area contributed by atoms with Crippen LogP contribution in [0, 0.1) is 12.0 Å². The van der Waals surface area contributed by atoms with Crippen molar-refractivity contribution < 1.29 is 22.9 Å². The van der Waals surface area contributed by atoms with Gasteiger partial charge in [0.05, 0.1) is 19.3 Å². The molecule has 0 aliphatic heterocycles. The minimum Gasteiger partial charge on any atom is -0.382 e. The number of methoxy groups -OCH3 is 1. The summed E-state index contributed by atoms with van der Waals surface area (Å²) in [6.07, 6.45) is 3.46. The summed E-state index contributed by atoms with van der Waals surface area (Å²) in [5, 5.41) is 0. The second-order valence-electron chi connectivity index (χ2n) is 4.62. The molecule has 0 saturated heterocycles. The molecule has 1 aliphatic rings. The van der Waals surface area contributed by atoms with Crippen molar-refractivity contribution in [3.63, 3.8) is 0 Å². The van der Waals surface area contributed by atoms with Crippen LogP contribution < -0.4 is 0 Å². The average Bonchev–Trinajstić information content (AvgIpc) is 2.87. The van der Waals surface area contributed by atoms with Crippen LogP contribution in [0.1, 0.15) is 18.1 Å². The maximum atomic E-state index is 12.5. The van der Waals surface area contributed by atoms with Crippen molar-refractivity contribution in [3.05, 3.63) is 35.4 Å². The summed E-state index contributed by atoms with van der Waals surface area (Å²) in [6, 6.07) is 8.05. The molecule has 21 heavy (non-hydrogen) atoms. The highest BCUT2D eigenvalue weighted by Gasteiger charge is 2.34. The molecule has 1 aromatic rings. The zero-order chi connectivity index (χ0) is 15.1. The maximum absolute atomic E-state index is 12.5. The van der Waals surface area contributed by atoms with E-state index in [4.69, 9.17) is 18.3 Å². The zero-order valence-electron chi connectivity index (χ0n) is 12.2. The minimum absolute atomic E-state index is 0.124. The molecular weight excluding hydrogens is 291 g/mol. The molecule has 5 nitrogen and oxygen atoms in total. The molecule has 6 heteroatoms. The van der Waals surface area contributed by atoms with Gasteiger partial charge in [0, 0.05) is 14.0 Å². The molecule has 0 N–H and O–H groups in total. The number of phosphoric acid groups is 1. The van der Waals surface area contributed by atoms with Crippen LogP contribution in [0.2, 0.25) is 0 Å². The van der Waals surface area contributed by atoms with E-state index in [0.29, 0.717) is 19.4 Å². The summed E-state index contributed by atoms with van der Waals surface area (Å²) in [4.78, 5) is 0. The standard InChI is InChI=1S/C15H19O5P/c1-3-8-18-21(16,19-10-9-17-2)20-15-11-13-6-4-5-7-14(13)12-15/h4-7,15H,9-12H2,1-2H3. The van der Waals surface area contributed by atoms with Gasteiger partial charge in [-0.05, 0) is 24.0 Å². The van der Waals surface area contributed by atoms with Gasteiger partial charge in [0.25, 0.3) is 0 Å². The van der Waals surface area contributed by atoms with Crippen LogP contribution in [0.3, 0.4) is 0 Å². The van der Waals surface area contributed by atoms with Crippen LogP contribution in [0.25, 0.3) is 0 Å². The molecule has 0 aromatic heterocycles. The lowest BCUT2D eigenvalue weighted by Crippen LogP contribution is -2.14. The van der Waals surface area contributed by atoms with Crippen molar-refractivity contribution >= 4 is 7.82 Å². The van der Waals surface area contributed by atoms with Crippen molar-refractivity contribution in [2.75, 3.05) is 20.3 Å². The number of benzene rings is 1. The molecule has 0 fully saturated rings. The first kappa shape index (κ1) is 16.1. The van der Waals surface area contributed by atoms with Gasteiger partial charge in [-0.3, -0.25) is 9.05 Å². The number of ether oxygens (including phenoxy) is 1. The van der Waals surface area contributed by atoms with Crippen LogP contribution in [0.4, 0.5) is 0 Å². The molecule has 0 spiro atoms. The summed E-state index contributed by atoms with van der Waals surface area (Å²) in [5.41, 5.74) is 2.40. The third-order valence-electron chi connectivity index (χ3n) is 3.09. The fraction of sp³-hybridized carbons (Fsp3) is 0.467. The van der Waals surface area contributed by atoms with Gasteiger partial charge in [-0.15, -0.1) is 0 Å². The molecule has 1 aliphatic carbocycles. The van der Waals surface area contributed by atoms with E-state index in [2.05, 4.69) is 12.0 Å². The third-order valence-corrected chi connectivity index (χ3v) is 4.46. The minimum atomic E-state index is -3.70. The van der Waals surface area contributed by atoms with Gasteiger partial charge >= 0.3 is 7.82 Å². The summed E-state index contributed by atoms with van der Waals surface area (Å²) < 4.78 is 33.2. The lowest BCUT2D eigenvalue weighted by molar-refractivity contribution is 0.0816. The number of hydrogen-bond donors (Lipinski definition) is 0. The summed E-state index contributed by atoms with van der Waals surface area (Å²) in [7, 11) is -2.16. The number of phosphoric ester groups is 1. The van der Waals surface area contributed by atoms with E-state index in [1.165, 1.54) is 18.2 Å². The summed E-state index contributed by atoms with van der Waals surface area (Å²) >= 11 is 0. The van der Waals surface area contributed by atoms with Crippen molar-refractivity contribution in [1.82, 2.24) is 0 Å². The van der Waals surface area contributed by atoms with Gasteiger partial charge in [0.15, 0.2) is 0 Å². The molecule has 1 unspecified atom stereocenters. The van der Waals surface area contributed by atoms with E-state index in [1.54, 1.807) is 6.92 Å². The Labute approximate surface area is 125 Å². The normalized spacial score (nSPS) is 16.7. The molecule has 2 rings (SSSR count). The number of rotatable bonds is 7. The second-order valence-corrected chi connectivity index (χ2v) is 6.17. The molecule has 0 saturated carbocycles. The van der Waals surface area contributed by atoms with Crippen molar-refractivity contribution in [2.45, 2.75) is 25.9 Å². The molecule has 114 valence electrons. The first-order valence-corrected chi connectivity index (χ1v) is 8.22. The highest BCUT2D eigenvalue weighted by atomic mass is 31.2. The smallest absolute Gasteiger partial charge is 0.382 e. The average molecular weight is 310 g/mol. The Morgan fingerprint density at radius 1 is 1.24 bits per heavy atom. The quantitative estimate of drug-likeness (QED) is 0.440. The van der Waals surface area contributed by atoms with Gasteiger partial charge in [0.2, 0.25) is 0 Å². The highest BCUT2D eigenvalue weighted by Crippen LogP contribution is 2.51. The van der Waals surface area contributed by atoms with Crippen molar-refractivity contribution in [3.8, 4) is 12.0 Å². The highest BCUT2D eigenvalue weighted by molar-refractivity contribution is 7.48. The van der Waals surface area contributed by atoms with Crippen LogP contribution in [0.15, 0.2) is 24.3 Å². The van der Waals surface area contributed by atoms with Gasteiger partial charge in [-0.25, -0.2) is 4.57 Å².